The minimum atomic E-state index is 0.312. The van der Waals surface area contributed by atoms with Crippen molar-refractivity contribution >= 4 is 40.7 Å². The molecule has 144 valence electrons. The first-order chi connectivity index (χ1) is 13.6. The predicted molar refractivity (Wildman–Crippen MR) is 107 cm³/mol. The van der Waals surface area contributed by atoms with Crippen LogP contribution < -0.4 is 10.1 Å². The summed E-state index contributed by atoms with van der Waals surface area (Å²) in [6, 6.07) is 3.58. The quantitative estimate of drug-likeness (QED) is 0.460. The molecule has 0 fully saturated rings. The van der Waals surface area contributed by atoms with Crippen LogP contribution in [0.25, 0.3) is 16.9 Å². The Balaban J connectivity index is 1.58. The number of aryl methyl sites for hydroxylation is 1. The van der Waals surface area contributed by atoms with Gasteiger partial charge in [0.1, 0.15) is 6.61 Å². The van der Waals surface area contributed by atoms with Crippen molar-refractivity contribution in [2.45, 2.75) is 0 Å². The van der Waals surface area contributed by atoms with E-state index in [1.54, 1.807) is 35.5 Å². The molecule has 9 nitrogen and oxygen atoms in total. The minimum Gasteiger partial charge on any atom is -0.476 e. The van der Waals surface area contributed by atoms with Gasteiger partial charge in [-0.3, -0.25) is 9.08 Å². The molecule has 0 saturated carbocycles. The number of anilines is 2. The van der Waals surface area contributed by atoms with Crippen LogP contribution in [0, 0.1) is 0 Å². The highest BCUT2D eigenvalue weighted by Crippen LogP contribution is 2.25. The van der Waals surface area contributed by atoms with Gasteiger partial charge in [0.25, 0.3) is 0 Å². The first kappa shape index (κ1) is 18.5. The normalized spacial score (nSPS) is 11.3. The molecule has 1 N–H and O–H groups in total. The predicted octanol–water partition coefficient (Wildman–Crippen LogP) is 3.26. The molecule has 0 amide bonds. The molecule has 11 heteroatoms. The number of halogens is 2. The molecule has 0 aromatic carbocycles. The van der Waals surface area contributed by atoms with Crippen LogP contribution in [0.5, 0.6) is 5.88 Å². The monoisotopic (exact) mass is 418 g/mol. The van der Waals surface area contributed by atoms with Crippen molar-refractivity contribution < 1.29 is 4.74 Å². The lowest BCUT2D eigenvalue weighted by atomic mass is 10.3. The molecule has 0 aliphatic carbocycles. The van der Waals surface area contributed by atoms with Crippen LogP contribution in [-0.4, -0.2) is 46.2 Å². The summed E-state index contributed by atoms with van der Waals surface area (Å²) >= 11 is 11.1. The van der Waals surface area contributed by atoms with E-state index in [-0.39, 0.29) is 0 Å². The van der Waals surface area contributed by atoms with Crippen molar-refractivity contribution in [3.63, 3.8) is 0 Å². The summed E-state index contributed by atoms with van der Waals surface area (Å²) in [4.78, 5) is 13.1. The molecule has 0 aliphatic heterocycles. The van der Waals surface area contributed by atoms with Crippen LogP contribution in [0.3, 0.4) is 0 Å². The van der Waals surface area contributed by atoms with Gasteiger partial charge in [0.05, 0.1) is 24.6 Å². The van der Waals surface area contributed by atoms with Gasteiger partial charge in [0.15, 0.2) is 11.5 Å². The highest BCUT2D eigenvalue weighted by Gasteiger charge is 2.12. The van der Waals surface area contributed by atoms with E-state index in [2.05, 4.69) is 25.4 Å². The van der Waals surface area contributed by atoms with E-state index in [4.69, 9.17) is 28.3 Å². The largest absolute Gasteiger partial charge is 0.476 e. The Hall–Kier alpha value is -2.88. The molecule has 0 atom stereocenters. The summed E-state index contributed by atoms with van der Waals surface area (Å²) in [5, 5.41) is 7.48. The van der Waals surface area contributed by atoms with E-state index < -0.39 is 0 Å². The highest BCUT2D eigenvalue weighted by atomic mass is 35.5. The molecule has 28 heavy (non-hydrogen) atoms. The van der Waals surface area contributed by atoms with Crippen molar-refractivity contribution in [2.24, 2.45) is 7.05 Å². The van der Waals surface area contributed by atoms with Gasteiger partial charge in [-0.15, -0.1) is 3.94 Å². The van der Waals surface area contributed by atoms with Crippen LogP contribution >= 0.6 is 23.6 Å². The van der Waals surface area contributed by atoms with Gasteiger partial charge < -0.3 is 10.1 Å². The number of nitrogens with zero attached hydrogens (tertiary/aromatic N) is 7. The Morgan fingerprint density at radius 3 is 2.86 bits per heavy atom. The highest BCUT2D eigenvalue weighted by molar-refractivity contribution is 6.33. The first-order valence-electron chi connectivity index (χ1n) is 8.36. The number of aromatic nitrogens is 6. The van der Waals surface area contributed by atoms with Gasteiger partial charge in [-0.05, 0) is 29.6 Å². The summed E-state index contributed by atoms with van der Waals surface area (Å²) in [7, 11) is 1.88. The molecule has 0 aliphatic rings. The number of imidazole rings is 1. The summed E-state index contributed by atoms with van der Waals surface area (Å²) in [5.41, 5.74) is 3.36. The van der Waals surface area contributed by atoms with E-state index in [0.717, 1.165) is 20.9 Å². The first-order valence-corrected chi connectivity index (χ1v) is 9.04. The SMILES string of the molecule is Cn1cc(-c2cnc3c(Nc4ccnc(OCCN(Cl)Cl)c4)nccn23)cn1. The summed E-state index contributed by atoms with van der Waals surface area (Å²) in [6.45, 7) is 0.667. The fourth-order valence-corrected chi connectivity index (χ4v) is 2.83. The van der Waals surface area contributed by atoms with Crippen molar-refractivity contribution in [3.8, 4) is 17.1 Å². The van der Waals surface area contributed by atoms with Crippen LogP contribution in [-0.2, 0) is 7.05 Å². The Bertz CT molecular complexity index is 1090. The molecule has 0 saturated heterocycles. The summed E-state index contributed by atoms with van der Waals surface area (Å²) in [5.74, 6) is 1.06. The van der Waals surface area contributed by atoms with Crippen LogP contribution in [0.1, 0.15) is 0 Å². The lowest BCUT2D eigenvalue weighted by Gasteiger charge is -2.10. The van der Waals surface area contributed by atoms with Gasteiger partial charge in [-0.1, -0.05) is 0 Å². The minimum absolute atomic E-state index is 0.312. The Morgan fingerprint density at radius 2 is 2.07 bits per heavy atom. The Morgan fingerprint density at radius 1 is 1.18 bits per heavy atom. The standard InChI is InChI=1S/C17H16Cl2N8O/c1-25-11-12(9-23-25)14-10-22-17-16(21-4-5-26(14)17)24-13-2-3-20-15(8-13)28-7-6-27(18)19/h2-5,8-11H,6-7H2,1H3,(H,20,21,24). The average molecular weight is 419 g/mol. The van der Waals surface area contributed by atoms with Crippen molar-refractivity contribution in [1.82, 2.24) is 33.1 Å². The lowest BCUT2D eigenvalue weighted by Crippen LogP contribution is -2.11. The number of rotatable bonds is 7. The zero-order chi connectivity index (χ0) is 19.5. The molecule has 0 bridgehead atoms. The molecule has 4 aromatic rings. The van der Waals surface area contributed by atoms with Crippen LogP contribution in [0.4, 0.5) is 11.5 Å². The fourth-order valence-electron chi connectivity index (χ4n) is 2.70. The maximum absolute atomic E-state index is 5.55. The van der Waals surface area contributed by atoms with Gasteiger partial charge >= 0.3 is 0 Å². The second kappa shape index (κ2) is 8.01. The fraction of sp³-hybridized carbons (Fsp3) is 0.176. The third kappa shape index (κ3) is 4.01. The maximum Gasteiger partial charge on any atom is 0.215 e. The average Bonchev–Trinajstić information content (AvgIpc) is 3.28. The van der Waals surface area contributed by atoms with Gasteiger partial charge in [-0.2, -0.15) is 5.10 Å². The third-order valence-corrected chi connectivity index (χ3v) is 4.27. The van der Waals surface area contributed by atoms with Crippen LogP contribution in [0.2, 0.25) is 0 Å². The molecule has 0 unspecified atom stereocenters. The van der Waals surface area contributed by atoms with Gasteiger partial charge in [0.2, 0.25) is 5.88 Å². The second-order valence-electron chi connectivity index (χ2n) is 5.90. The summed E-state index contributed by atoms with van der Waals surface area (Å²) < 4.78 is 10.2. The van der Waals surface area contributed by atoms with E-state index >= 15 is 0 Å². The number of nitrogens with one attached hydrogen (secondary N) is 1. The number of fused-ring (bicyclic) bond motifs is 1. The topological polar surface area (TPSA) is 85.4 Å². The number of pyridine rings is 1. The maximum atomic E-state index is 5.55. The van der Waals surface area contributed by atoms with Crippen LogP contribution in [0.15, 0.2) is 49.3 Å². The zero-order valence-corrected chi connectivity index (χ0v) is 16.3. The molecule has 4 aromatic heterocycles. The van der Waals surface area contributed by atoms with Crippen molar-refractivity contribution in [2.75, 3.05) is 18.5 Å². The summed E-state index contributed by atoms with van der Waals surface area (Å²) in [6.07, 6.45) is 10.7. The van der Waals surface area contributed by atoms with Gasteiger partial charge in [0, 0.05) is 49.2 Å². The Kier molecular flexibility index (Phi) is 5.29. The third-order valence-electron chi connectivity index (χ3n) is 3.94. The number of ether oxygens (including phenoxy) is 1. The Labute approximate surface area is 170 Å². The lowest BCUT2D eigenvalue weighted by molar-refractivity contribution is 0.296. The van der Waals surface area contributed by atoms with E-state index in [9.17, 15) is 0 Å². The van der Waals surface area contributed by atoms with Crippen molar-refractivity contribution in [3.05, 3.63) is 49.3 Å². The molecule has 0 spiro atoms. The van der Waals surface area contributed by atoms with Gasteiger partial charge in [-0.25, -0.2) is 15.0 Å². The zero-order valence-electron chi connectivity index (χ0n) is 14.8. The smallest absolute Gasteiger partial charge is 0.215 e. The molecule has 4 rings (SSSR count). The van der Waals surface area contributed by atoms with E-state index in [1.165, 1.54) is 0 Å². The second-order valence-corrected chi connectivity index (χ2v) is 6.89. The number of hydrogen-bond donors (Lipinski definition) is 1. The van der Waals surface area contributed by atoms with E-state index in [1.807, 2.05) is 29.9 Å². The van der Waals surface area contributed by atoms with E-state index in [0.29, 0.717) is 30.5 Å². The molecule has 0 radical (unpaired) electrons. The number of hydrogen-bond acceptors (Lipinski definition) is 7. The molecule has 4 heterocycles. The molecular formula is C17H16Cl2N8O. The molecular weight excluding hydrogens is 403 g/mol. The van der Waals surface area contributed by atoms with Crippen molar-refractivity contribution in [1.29, 1.82) is 0 Å².